The minimum Gasteiger partial charge on any atom is -0.441 e. The van der Waals surface area contributed by atoms with Crippen LogP contribution in [-0.4, -0.2) is 11.2 Å². The number of amides is 1. The summed E-state index contributed by atoms with van der Waals surface area (Å²) in [6.45, 7) is 3.38. The summed E-state index contributed by atoms with van der Waals surface area (Å²) in [5.74, 6) is -0.165. The molecular weight excluding hydrogens is 359 g/mol. The average molecular weight is 375 g/mol. The predicted octanol–water partition coefficient (Wildman–Crippen LogP) is 5.75. The summed E-state index contributed by atoms with van der Waals surface area (Å²) >= 11 is 6.12. The molecule has 1 N–H and O–H groups in total. The van der Waals surface area contributed by atoms with E-state index in [1.807, 2.05) is 6.07 Å². The minimum absolute atomic E-state index is 0.254. The Bertz CT molecular complexity index is 942. The van der Waals surface area contributed by atoms with Gasteiger partial charge < -0.3 is 9.26 Å². The number of carbonyl (C=O) groups excluding carboxylic acids is 1. The zero-order valence-electron chi connectivity index (χ0n) is 14.1. The van der Waals surface area contributed by atoms with Gasteiger partial charge in [-0.15, -0.1) is 0 Å². The Balaban J connectivity index is 1.78. The molecule has 3 aromatic rings. The fourth-order valence-electron chi connectivity index (χ4n) is 2.50. The van der Waals surface area contributed by atoms with E-state index in [4.69, 9.17) is 20.9 Å². The van der Waals surface area contributed by atoms with Crippen molar-refractivity contribution in [1.82, 2.24) is 5.16 Å². The van der Waals surface area contributed by atoms with E-state index in [2.05, 4.69) is 10.5 Å². The van der Waals surface area contributed by atoms with Crippen LogP contribution < -0.4 is 5.32 Å². The third-order valence-electron chi connectivity index (χ3n) is 3.80. The SMILES string of the molecule is Cc1noc(-c2cccc(F)c2)c1NC(=O)OC(C)c1ccccc1Cl. The lowest BCUT2D eigenvalue weighted by atomic mass is 10.1. The monoisotopic (exact) mass is 374 g/mol. The van der Waals surface area contributed by atoms with Crippen LogP contribution in [0.15, 0.2) is 53.1 Å². The number of hydrogen-bond donors (Lipinski definition) is 1. The molecule has 0 spiro atoms. The molecule has 0 bridgehead atoms. The molecule has 2 aromatic carbocycles. The van der Waals surface area contributed by atoms with E-state index in [1.165, 1.54) is 12.1 Å². The van der Waals surface area contributed by atoms with Gasteiger partial charge in [-0.05, 0) is 32.0 Å². The quantitative estimate of drug-likeness (QED) is 0.631. The van der Waals surface area contributed by atoms with E-state index in [1.54, 1.807) is 44.2 Å². The van der Waals surface area contributed by atoms with Gasteiger partial charge in [0.15, 0.2) is 5.76 Å². The van der Waals surface area contributed by atoms with Crippen LogP contribution in [0, 0.1) is 12.7 Å². The fourth-order valence-corrected chi connectivity index (χ4v) is 2.79. The van der Waals surface area contributed by atoms with Crippen molar-refractivity contribution in [3.63, 3.8) is 0 Å². The highest BCUT2D eigenvalue weighted by Gasteiger charge is 2.20. The molecule has 1 atom stereocenters. The number of hydrogen-bond acceptors (Lipinski definition) is 4. The van der Waals surface area contributed by atoms with Crippen LogP contribution in [0.1, 0.15) is 24.3 Å². The zero-order valence-corrected chi connectivity index (χ0v) is 14.9. The van der Waals surface area contributed by atoms with Gasteiger partial charge in [0.05, 0.1) is 0 Å². The van der Waals surface area contributed by atoms with Crippen molar-refractivity contribution in [1.29, 1.82) is 0 Å². The summed E-state index contributed by atoms with van der Waals surface area (Å²) in [6, 6.07) is 12.9. The van der Waals surface area contributed by atoms with Crippen LogP contribution in [0.25, 0.3) is 11.3 Å². The van der Waals surface area contributed by atoms with E-state index in [-0.39, 0.29) is 5.76 Å². The molecule has 1 aromatic heterocycles. The zero-order chi connectivity index (χ0) is 18.7. The first-order chi connectivity index (χ1) is 12.5. The fraction of sp³-hybridized carbons (Fsp3) is 0.158. The first-order valence-corrected chi connectivity index (χ1v) is 8.27. The summed E-state index contributed by atoms with van der Waals surface area (Å²) in [6.07, 6.45) is -1.25. The molecule has 0 radical (unpaired) electrons. The number of nitrogens with zero attached hydrogens (tertiary/aromatic N) is 1. The highest BCUT2D eigenvalue weighted by molar-refractivity contribution is 6.31. The van der Waals surface area contributed by atoms with E-state index in [0.717, 1.165) is 0 Å². The maximum Gasteiger partial charge on any atom is 0.412 e. The second-order valence-electron chi connectivity index (χ2n) is 5.68. The van der Waals surface area contributed by atoms with Gasteiger partial charge in [0.25, 0.3) is 0 Å². The average Bonchev–Trinajstić information content (AvgIpc) is 2.96. The molecule has 1 unspecified atom stereocenters. The first kappa shape index (κ1) is 17.9. The van der Waals surface area contributed by atoms with Crippen molar-refractivity contribution in [2.24, 2.45) is 0 Å². The Morgan fingerprint density at radius 3 is 2.77 bits per heavy atom. The number of aromatic nitrogens is 1. The molecule has 3 rings (SSSR count). The number of halogens is 2. The lowest BCUT2D eigenvalue weighted by Gasteiger charge is -2.15. The Labute approximate surface area is 154 Å². The van der Waals surface area contributed by atoms with Gasteiger partial charge in [0.1, 0.15) is 23.3 Å². The van der Waals surface area contributed by atoms with Crippen molar-refractivity contribution in [3.05, 3.63) is 70.6 Å². The topological polar surface area (TPSA) is 64.4 Å². The Kier molecular flexibility index (Phi) is 5.23. The number of benzene rings is 2. The van der Waals surface area contributed by atoms with Crippen LogP contribution in [0.3, 0.4) is 0 Å². The molecular formula is C19H16ClFN2O3. The van der Waals surface area contributed by atoms with Gasteiger partial charge in [-0.3, -0.25) is 5.32 Å². The number of rotatable bonds is 4. The molecule has 26 heavy (non-hydrogen) atoms. The largest absolute Gasteiger partial charge is 0.441 e. The maximum absolute atomic E-state index is 13.5. The second-order valence-corrected chi connectivity index (χ2v) is 6.08. The summed E-state index contributed by atoms with van der Waals surface area (Å²) in [5, 5.41) is 6.96. The Morgan fingerprint density at radius 2 is 2.04 bits per heavy atom. The summed E-state index contributed by atoms with van der Waals surface area (Å²) in [4.78, 5) is 12.3. The summed E-state index contributed by atoms with van der Waals surface area (Å²) in [7, 11) is 0. The van der Waals surface area contributed by atoms with Gasteiger partial charge in [-0.1, -0.05) is 47.1 Å². The molecule has 0 saturated heterocycles. The van der Waals surface area contributed by atoms with Gasteiger partial charge >= 0.3 is 6.09 Å². The smallest absolute Gasteiger partial charge is 0.412 e. The third kappa shape index (κ3) is 3.86. The highest BCUT2D eigenvalue weighted by atomic mass is 35.5. The highest BCUT2D eigenvalue weighted by Crippen LogP contribution is 2.32. The van der Waals surface area contributed by atoms with Crippen LogP contribution in [0.5, 0.6) is 0 Å². The lowest BCUT2D eigenvalue weighted by molar-refractivity contribution is 0.121. The van der Waals surface area contributed by atoms with Crippen LogP contribution in [0.4, 0.5) is 14.9 Å². The van der Waals surface area contributed by atoms with Crippen LogP contribution in [0.2, 0.25) is 5.02 Å². The number of carbonyl (C=O) groups is 1. The molecule has 0 aliphatic rings. The minimum atomic E-state index is -0.693. The Morgan fingerprint density at radius 1 is 1.27 bits per heavy atom. The Hall–Kier alpha value is -2.86. The van der Waals surface area contributed by atoms with Gasteiger partial charge in [0, 0.05) is 16.1 Å². The van der Waals surface area contributed by atoms with Crippen molar-refractivity contribution in [2.75, 3.05) is 5.32 Å². The van der Waals surface area contributed by atoms with Gasteiger partial charge in [-0.25, -0.2) is 9.18 Å². The van der Waals surface area contributed by atoms with Gasteiger partial charge in [0.2, 0.25) is 0 Å². The first-order valence-electron chi connectivity index (χ1n) is 7.90. The number of aryl methyl sites for hydroxylation is 1. The number of nitrogens with one attached hydrogen (secondary N) is 1. The maximum atomic E-state index is 13.5. The van der Waals surface area contributed by atoms with Crippen molar-refractivity contribution < 1.29 is 18.4 Å². The third-order valence-corrected chi connectivity index (χ3v) is 4.15. The summed E-state index contributed by atoms with van der Waals surface area (Å²) in [5.41, 5.74) is 1.93. The molecule has 1 heterocycles. The molecule has 0 aliphatic heterocycles. The van der Waals surface area contributed by atoms with Crippen molar-refractivity contribution in [2.45, 2.75) is 20.0 Å². The van der Waals surface area contributed by atoms with E-state index in [0.29, 0.717) is 27.5 Å². The molecule has 1 amide bonds. The van der Waals surface area contributed by atoms with E-state index in [9.17, 15) is 9.18 Å². The number of ether oxygens (including phenoxy) is 1. The standard InChI is InChI=1S/C19H16ClFN2O3/c1-11-17(18(26-23-11)13-6-5-7-14(21)10-13)22-19(24)25-12(2)15-8-3-4-9-16(15)20/h3-10,12H,1-2H3,(H,22,24). The molecule has 7 heteroatoms. The lowest BCUT2D eigenvalue weighted by Crippen LogP contribution is -2.17. The number of anilines is 1. The van der Waals surface area contributed by atoms with E-state index >= 15 is 0 Å². The van der Waals surface area contributed by atoms with Crippen molar-refractivity contribution >= 4 is 23.4 Å². The predicted molar refractivity (Wildman–Crippen MR) is 96.6 cm³/mol. The van der Waals surface area contributed by atoms with Crippen LogP contribution in [-0.2, 0) is 4.74 Å². The van der Waals surface area contributed by atoms with Crippen molar-refractivity contribution in [3.8, 4) is 11.3 Å². The van der Waals surface area contributed by atoms with Crippen LogP contribution >= 0.6 is 11.6 Å². The molecule has 134 valence electrons. The van der Waals surface area contributed by atoms with Gasteiger partial charge in [-0.2, -0.15) is 0 Å². The molecule has 0 aliphatic carbocycles. The molecule has 0 fully saturated rings. The molecule has 5 nitrogen and oxygen atoms in total. The second kappa shape index (κ2) is 7.58. The normalized spacial score (nSPS) is 11.8. The summed E-state index contributed by atoms with van der Waals surface area (Å²) < 4.78 is 24.1. The van der Waals surface area contributed by atoms with E-state index < -0.39 is 18.0 Å². The molecule has 0 saturated carbocycles.